The van der Waals surface area contributed by atoms with Gasteiger partial charge in [0, 0.05) is 18.5 Å². The van der Waals surface area contributed by atoms with Gasteiger partial charge in [-0.05, 0) is 42.8 Å². The minimum Gasteiger partial charge on any atom is -0.494 e. The molecule has 3 rings (SSSR count). The van der Waals surface area contributed by atoms with E-state index in [0.717, 1.165) is 17.0 Å². The van der Waals surface area contributed by atoms with Gasteiger partial charge >= 0.3 is 5.97 Å². The Balaban J connectivity index is 1.56. The van der Waals surface area contributed by atoms with Crippen LogP contribution < -0.4 is 4.74 Å². The molecule has 0 aliphatic heterocycles. The molecule has 0 bridgehead atoms. The zero-order valence-corrected chi connectivity index (χ0v) is 14.4. The van der Waals surface area contributed by atoms with Crippen molar-refractivity contribution in [3.8, 4) is 5.75 Å². The number of aromatic nitrogens is 2. The van der Waals surface area contributed by atoms with E-state index in [2.05, 4.69) is 4.98 Å². The highest BCUT2D eigenvalue weighted by atomic mass is 35.5. The number of halogens is 1. The number of hydrogen-bond donors (Lipinski definition) is 0. The molecule has 0 amide bonds. The maximum Gasteiger partial charge on any atom is 0.331 e. The van der Waals surface area contributed by atoms with E-state index >= 15 is 0 Å². The van der Waals surface area contributed by atoms with E-state index in [0.29, 0.717) is 17.3 Å². The van der Waals surface area contributed by atoms with Crippen LogP contribution in [0.15, 0.2) is 54.9 Å². The Bertz CT molecular complexity index is 901. The topological polar surface area (TPSA) is 52.8 Å². The Hall–Kier alpha value is -2.79. The first-order chi connectivity index (χ1) is 12.1. The number of carbonyl (C=O) groups is 1. The highest BCUT2D eigenvalue weighted by Crippen LogP contribution is 2.14. The second-order valence-electron chi connectivity index (χ2n) is 5.29. The van der Waals surface area contributed by atoms with Crippen molar-refractivity contribution >= 4 is 29.3 Å². The minimum absolute atomic E-state index is 0.103. The van der Waals surface area contributed by atoms with Gasteiger partial charge in [-0.25, -0.2) is 9.78 Å². The summed E-state index contributed by atoms with van der Waals surface area (Å²) in [6.45, 7) is 2.66. The van der Waals surface area contributed by atoms with E-state index in [1.165, 1.54) is 6.08 Å². The molecule has 0 unspecified atom stereocenters. The molecule has 5 nitrogen and oxygen atoms in total. The number of hydrogen-bond acceptors (Lipinski definition) is 4. The van der Waals surface area contributed by atoms with Gasteiger partial charge in [-0.15, -0.1) is 0 Å². The molecule has 0 saturated carbocycles. The van der Waals surface area contributed by atoms with Crippen molar-refractivity contribution in [1.82, 2.24) is 9.38 Å². The minimum atomic E-state index is -0.427. The van der Waals surface area contributed by atoms with Gasteiger partial charge in [-0.2, -0.15) is 0 Å². The molecule has 3 aromatic rings. The fraction of sp³-hybridized carbons (Fsp3) is 0.158. The van der Waals surface area contributed by atoms with E-state index in [4.69, 9.17) is 21.1 Å². The number of imidazole rings is 1. The second kappa shape index (κ2) is 7.85. The molecule has 1 aromatic carbocycles. The molecule has 25 heavy (non-hydrogen) atoms. The van der Waals surface area contributed by atoms with Gasteiger partial charge in [0.15, 0.2) is 0 Å². The van der Waals surface area contributed by atoms with Crippen molar-refractivity contribution in [2.24, 2.45) is 0 Å². The average molecular weight is 357 g/mol. The fourth-order valence-corrected chi connectivity index (χ4v) is 2.45. The summed E-state index contributed by atoms with van der Waals surface area (Å²) >= 11 is 5.93. The summed E-state index contributed by atoms with van der Waals surface area (Å²) in [5.74, 6) is 0.373. The van der Waals surface area contributed by atoms with Crippen molar-refractivity contribution in [3.05, 3.63) is 71.1 Å². The van der Waals surface area contributed by atoms with E-state index in [1.807, 2.05) is 31.2 Å². The zero-order valence-electron chi connectivity index (χ0n) is 13.7. The molecule has 0 spiro atoms. The van der Waals surface area contributed by atoms with Crippen LogP contribution in [-0.2, 0) is 16.1 Å². The molecule has 0 atom stereocenters. The van der Waals surface area contributed by atoms with Gasteiger partial charge < -0.3 is 13.9 Å². The maximum absolute atomic E-state index is 11.8. The molecule has 0 aliphatic carbocycles. The first-order valence-corrected chi connectivity index (χ1v) is 8.22. The molecule has 0 fully saturated rings. The standard InChI is InChI=1S/C19H17ClN2O3/c1-2-24-17-7-3-14(4-8-17)5-10-19(23)25-13-16-12-22-11-15(20)6-9-18(22)21-16/h3-12H,2,13H2,1H3. The quantitative estimate of drug-likeness (QED) is 0.492. The summed E-state index contributed by atoms with van der Waals surface area (Å²) in [6, 6.07) is 11.0. The molecule has 0 aliphatic rings. The molecule has 6 heteroatoms. The molecule has 128 valence electrons. The molecule has 0 N–H and O–H groups in total. The van der Waals surface area contributed by atoms with Gasteiger partial charge in [0.05, 0.1) is 17.3 Å². The van der Waals surface area contributed by atoms with Crippen molar-refractivity contribution in [2.45, 2.75) is 13.5 Å². The highest BCUT2D eigenvalue weighted by Gasteiger charge is 2.05. The third-order valence-corrected chi connectivity index (χ3v) is 3.65. The van der Waals surface area contributed by atoms with E-state index in [-0.39, 0.29) is 6.61 Å². The zero-order chi connectivity index (χ0) is 17.6. The lowest BCUT2D eigenvalue weighted by Crippen LogP contribution is -2.00. The van der Waals surface area contributed by atoms with Crippen molar-refractivity contribution < 1.29 is 14.3 Å². The molecular formula is C19H17ClN2O3. The van der Waals surface area contributed by atoms with Crippen LogP contribution >= 0.6 is 11.6 Å². The van der Waals surface area contributed by atoms with Crippen molar-refractivity contribution in [2.75, 3.05) is 6.61 Å². The number of ether oxygens (including phenoxy) is 2. The first kappa shape index (κ1) is 17.0. The molecule has 0 saturated heterocycles. The maximum atomic E-state index is 11.8. The Kier molecular flexibility index (Phi) is 5.36. The van der Waals surface area contributed by atoms with Gasteiger partial charge in [0.2, 0.25) is 0 Å². The first-order valence-electron chi connectivity index (χ1n) is 7.85. The largest absolute Gasteiger partial charge is 0.494 e. The van der Waals surface area contributed by atoms with Crippen LogP contribution in [0.25, 0.3) is 11.7 Å². The Labute approximate surface area is 150 Å². The lowest BCUT2D eigenvalue weighted by molar-refractivity contribution is -0.139. The molecular weight excluding hydrogens is 340 g/mol. The van der Waals surface area contributed by atoms with Gasteiger partial charge in [0.1, 0.15) is 18.0 Å². The Morgan fingerprint density at radius 2 is 2.00 bits per heavy atom. The van der Waals surface area contributed by atoms with Crippen LogP contribution in [0.1, 0.15) is 18.2 Å². The monoisotopic (exact) mass is 356 g/mol. The summed E-state index contributed by atoms with van der Waals surface area (Å²) in [7, 11) is 0. The molecule has 2 heterocycles. The molecule has 0 radical (unpaired) electrons. The van der Waals surface area contributed by atoms with Crippen LogP contribution in [0, 0.1) is 0 Å². The number of pyridine rings is 1. The van der Waals surface area contributed by atoms with Gasteiger partial charge in [-0.1, -0.05) is 23.7 Å². The fourth-order valence-electron chi connectivity index (χ4n) is 2.29. The lowest BCUT2D eigenvalue weighted by atomic mass is 10.2. The summed E-state index contributed by atoms with van der Waals surface area (Å²) in [5.41, 5.74) is 2.30. The number of nitrogens with zero attached hydrogens (tertiary/aromatic N) is 2. The SMILES string of the molecule is CCOc1ccc(C=CC(=O)OCc2cn3cc(Cl)ccc3n2)cc1. The van der Waals surface area contributed by atoms with Crippen LogP contribution in [0.5, 0.6) is 5.75 Å². The Morgan fingerprint density at radius 3 is 2.76 bits per heavy atom. The van der Waals surface area contributed by atoms with E-state index in [1.54, 1.807) is 35.0 Å². The normalized spacial score (nSPS) is 11.1. The number of benzene rings is 1. The number of carbonyl (C=O) groups excluding carboxylic acids is 1. The average Bonchev–Trinajstić information content (AvgIpc) is 3.01. The molecule has 2 aromatic heterocycles. The lowest BCUT2D eigenvalue weighted by Gasteiger charge is -2.02. The Morgan fingerprint density at radius 1 is 1.20 bits per heavy atom. The third-order valence-electron chi connectivity index (χ3n) is 3.43. The van der Waals surface area contributed by atoms with Gasteiger partial charge in [-0.3, -0.25) is 0 Å². The van der Waals surface area contributed by atoms with Gasteiger partial charge in [0.25, 0.3) is 0 Å². The van der Waals surface area contributed by atoms with Crippen LogP contribution in [0.2, 0.25) is 5.02 Å². The highest BCUT2D eigenvalue weighted by molar-refractivity contribution is 6.30. The number of esters is 1. The second-order valence-corrected chi connectivity index (χ2v) is 5.72. The smallest absolute Gasteiger partial charge is 0.331 e. The summed E-state index contributed by atoms with van der Waals surface area (Å²) in [4.78, 5) is 16.2. The summed E-state index contributed by atoms with van der Waals surface area (Å²) < 4.78 is 12.4. The summed E-state index contributed by atoms with van der Waals surface area (Å²) in [6.07, 6.45) is 6.62. The number of fused-ring (bicyclic) bond motifs is 1. The summed E-state index contributed by atoms with van der Waals surface area (Å²) in [5, 5.41) is 0.617. The predicted octanol–water partition coefficient (Wildman–Crippen LogP) is 4.14. The van der Waals surface area contributed by atoms with Crippen LogP contribution in [-0.4, -0.2) is 22.0 Å². The van der Waals surface area contributed by atoms with Crippen LogP contribution in [0.3, 0.4) is 0 Å². The van der Waals surface area contributed by atoms with Crippen molar-refractivity contribution in [3.63, 3.8) is 0 Å². The number of rotatable bonds is 6. The third kappa shape index (κ3) is 4.61. The van der Waals surface area contributed by atoms with E-state index in [9.17, 15) is 4.79 Å². The van der Waals surface area contributed by atoms with E-state index < -0.39 is 5.97 Å². The predicted molar refractivity (Wildman–Crippen MR) is 96.6 cm³/mol. The van der Waals surface area contributed by atoms with Crippen molar-refractivity contribution in [1.29, 1.82) is 0 Å². The van der Waals surface area contributed by atoms with Crippen LogP contribution in [0.4, 0.5) is 0 Å².